The monoisotopic (exact) mass is 324 g/mol. The van der Waals surface area contributed by atoms with Crippen LogP contribution in [0.4, 0.5) is 0 Å². The van der Waals surface area contributed by atoms with Crippen LogP contribution in [0.5, 0.6) is 5.75 Å². The van der Waals surface area contributed by atoms with E-state index < -0.39 is 11.6 Å². The molecule has 0 aliphatic carbocycles. The molecule has 0 aromatic heterocycles. The topological polar surface area (TPSA) is 66.8 Å². The Labute approximate surface area is 118 Å². The predicted molar refractivity (Wildman–Crippen MR) is 75.4 cm³/mol. The third-order valence-electron chi connectivity index (χ3n) is 2.75. The van der Waals surface area contributed by atoms with Gasteiger partial charge in [-0.1, -0.05) is 28.1 Å². The minimum atomic E-state index is -1.89. The van der Waals surface area contributed by atoms with Crippen molar-refractivity contribution < 1.29 is 19.7 Å². The summed E-state index contributed by atoms with van der Waals surface area (Å²) < 4.78 is 6.32. The van der Waals surface area contributed by atoms with Gasteiger partial charge in [-0.05, 0) is 42.0 Å². The highest BCUT2D eigenvalue weighted by atomic mass is 79.9. The van der Waals surface area contributed by atoms with Crippen LogP contribution in [0.15, 0.2) is 40.9 Å². The minimum Gasteiger partial charge on any atom is -0.490 e. The third-order valence-corrected chi connectivity index (χ3v) is 3.25. The lowest BCUT2D eigenvalue weighted by atomic mass is 10.1. The van der Waals surface area contributed by atoms with E-state index in [1.807, 2.05) is 24.3 Å². The molecule has 0 saturated carbocycles. The first kappa shape index (κ1) is 13.8. The molecule has 2 N–H and O–H groups in total. The SMILES string of the molecule is CC(O)(COc1ccc2cc(Br)ccc2c1)C(=O)O. The van der Waals surface area contributed by atoms with Crippen LogP contribution >= 0.6 is 15.9 Å². The Morgan fingerprint density at radius 1 is 1.26 bits per heavy atom. The quantitative estimate of drug-likeness (QED) is 0.907. The summed E-state index contributed by atoms with van der Waals surface area (Å²) in [5.41, 5.74) is -1.89. The van der Waals surface area contributed by atoms with Crippen molar-refractivity contribution in [3.63, 3.8) is 0 Å². The normalized spacial score (nSPS) is 14.1. The van der Waals surface area contributed by atoms with Crippen molar-refractivity contribution in [2.45, 2.75) is 12.5 Å². The summed E-state index contributed by atoms with van der Waals surface area (Å²) in [5.74, 6) is -0.784. The summed E-state index contributed by atoms with van der Waals surface area (Å²) in [7, 11) is 0. The molecular weight excluding hydrogens is 312 g/mol. The third kappa shape index (κ3) is 3.24. The first-order chi connectivity index (χ1) is 8.88. The molecule has 2 aromatic carbocycles. The van der Waals surface area contributed by atoms with Gasteiger partial charge in [0.05, 0.1) is 0 Å². The molecule has 4 nitrogen and oxygen atoms in total. The van der Waals surface area contributed by atoms with E-state index >= 15 is 0 Å². The van der Waals surface area contributed by atoms with E-state index in [4.69, 9.17) is 9.84 Å². The molecule has 100 valence electrons. The number of carbonyl (C=O) groups is 1. The number of hydrogen-bond acceptors (Lipinski definition) is 3. The zero-order valence-electron chi connectivity index (χ0n) is 10.3. The molecule has 1 unspecified atom stereocenters. The maximum atomic E-state index is 10.8. The van der Waals surface area contributed by atoms with Gasteiger partial charge in [-0.2, -0.15) is 0 Å². The molecule has 0 radical (unpaired) electrons. The van der Waals surface area contributed by atoms with Crippen LogP contribution in [0, 0.1) is 0 Å². The van der Waals surface area contributed by atoms with Gasteiger partial charge in [-0.3, -0.25) is 0 Å². The molecule has 0 spiro atoms. The van der Waals surface area contributed by atoms with Crippen LogP contribution in [0.1, 0.15) is 6.92 Å². The molecule has 19 heavy (non-hydrogen) atoms. The summed E-state index contributed by atoms with van der Waals surface area (Å²) >= 11 is 3.39. The second-order valence-corrected chi connectivity index (χ2v) is 5.44. The van der Waals surface area contributed by atoms with Gasteiger partial charge in [-0.25, -0.2) is 4.79 Å². The Hall–Kier alpha value is -1.59. The summed E-state index contributed by atoms with van der Waals surface area (Å²) in [6.45, 7) is 0.901. The standard InChI is InChI=1S/C14H13BrO4/c1-14(18,13(16)17)8-19-12-5-3-9-6-11(15)4-2-10(9)7-12/h2-7,18H,8H2,1H3,(H,16,17). The van der Waals surface area contributed by atoms with Crippen LogP contribution in [-0.4, -0.2) is 28.4 Å². The highest BCUT2D eigenvalue weighted by Crippen LogP contribution is 2.24. The summed E-state index contributed by atoms with van der Waals surface area (Å²) in [6.07, 6.45) is 0. The number of carboxylic acid groups (broad SMARTS) is 1. The molecular formula is C14H13BrO4. The molecule has 5 heteroatoms. The summed E-state index contributed by atoms with van der Waals surface area (Å²) in [6, 6.07) is 11.3. The van der Waals surface area contributed by atoms with Crippen LogP contribution in [0.25, 0.3) is 10.8 Å². The van der Waals surface area contributed by atoms with Crippen molar-refractivity contribution in [1.82, 2.24) is 0 Å². The molecule has 0 aliphatic heterocycles. The average molecular weight is 325 g/mol. The molecule has 0 aliphatic rings. The molecule has 0 heterocycles. The lowest BCUT2D eigenvalue weighted by Crippen LogP contribution is -2.41. The number of benzene rings is 2. The fourth-order valence-corrected chi connectivity index (χ4v) is 1.95. The number of halogens is 1. The van der Waals surface area contributed by atoms with Gasteiger partial charge < -0.3 is 14.9 Å². The van der Waals surface area contributed by atoms with Gasteiger partial charge in [0, 0.05) is 4.47 Å². The Morgan fingerprint density at radius 3 is 2.58 bits per heavy atom. The molecule has 1 atom stereocenters. The molecule has 0 bridgehead atoms. The zero-order valence-corrected chi connectivity index (χ0v) is 11.8. The number of aliphatic carboxylic acids is 1. The van der Waals surface area contributed by atoms with Gasteiger partial charge in [0.1, 0.15) is 12.4 Å². The van der Waals surface area contributed by atoms with Gasteiger partial charge in [0.15, 0.2) is 5.60 Å². The predicted octanol–water partition coefficient (Wildman–Crippen LogP) is 2.82. The second-order valence-electron chi connectivity index (χ2n) is 4.52. The van der Waals surface area contributed by atoms with E-state index in [-0.39, 0.29) is 6.61 Å². The Morgan fingerprint density at radius 2 is 1.89 bits per heavy atom. The Kier molecular flexibility index (Phi) is 3.78. The highest BCUT2D eigenvalue weighted by molar-refractivity contribution is 9.10. The summed E-state index contributed by atoms with van der Waals surface area (Å²) in [4.78, 5) is 10.8. The Bertz CT molecular complexity index is 622. The lowest BCUT2D eigenvalue weighted by molar-refractivity contribution is -0.159. The van der Waals surface area contributed by atoms with Crippen molar-refractivity contribution >= 4 is 32.7 Å². The molecule has 2 rings (SSSR count). The van der Waals surface area contributed by atoms with Crippen molar-refractivity contribution in [1.29, 1.82) is 0 Å². The fourth-order valence-electron chi connectivity index (χ4n) is 1.57. The van der Waals surface area contributed by atoms with Crippen molar-refractivity contribution in [2.75, 3.05) is 6.61 Å². The molecule has 0 fully saturated rings. The largest absolute Gasteiger partial charge is 0.490 e. The van der Waals surface area contributed by atoms with E-state index in [9.17, 15) is 9.90 Å². The van der Waals surface area contributed by atoms with Crippen LogP contribution in [0.3, 0.4) is 0 Å². The van der Waals surface area contributed by atoms with E-state index in [1.165, 1.54) is 6.92 Å². The molecule has 2 aromatic rings. The second kappa shape index (κ2) is 5.19. The van der Waals surface area contributed by atoms with Crippen LogP contribution < -0.4 is 4.74 Å². The smallest absolute Gasteiger partial charge is 0.339 e. The maximum absolute atomic E-state index is 10.8. The average Bonchev–Trinajstić information content (AvgIpc) is 2.36. The van der Waals surface area contributed by atoms with Crippen molar-refractivity contribution in [3.05, 3.63) is 40.9 Å². The first-order valence-electron chi connectivity index (χ1n) is 5.66. The fraction of sp³-hybridized carbons (Fsp3) is 0.214. The van der Waals surface area contributed by atoms with E-state index in [0.29, 0.717) is 5.75 Å². The van der Waals surface area contributed by atoms with Crippen molar-refractivity contribution in [2.24, 2.45) is 0 Å². The zero-order chi connectivity index (χ0) is 14.0. The van der Waals surface area contributed by atoms with E-state index in [0.717, 1.165) is 15.2 Å². The van der Waals surface area contributed by atoms with Gasteiger partial charge in [0.2, 0.25) is 0 Å². The lowest BCUT2D eigenvalue weighted by Gasteiger charge is -2.18. The number of ether oxygens (including phenoxy) is 1. The number of rotatable bonds is 4. The molecule has 0 saturated heterocycles. The van der Waals surface area contributed by atoms with E-state index in [2.05, 4.69) is 15.9 Å². The van der Waals surface area contributed by atoms with Crippen LogP contribution in [0.2, 0.25) is 0 Å². The molecule has 0 amide bonds. The van der Waals surface area contributed by atoms with E-state index in [1.54, 1.807) is 12.1 Å². The van der Waals surface area contributed by atoms with Crippen molar-refractivity contribution in [3.8, 4) is 5.75 Å². The maximum Gasteiger partial charge on any atom is 0.339 e. The highest BCUT2D eigenvalue weighted by Gasteiger charge is 2.30. The minimum absolute atomic E-state index is 0.301. The van der Waals surface area contributed by atoms with Gasteiger partial charge >= 0.3 is 5.97 Å². The number of carboxylic acids is 1. The first-order valence-corrected chi connectivity index (χ1v) is 6.46. The van der Waals surface area contributed by atoms with Gasteiger partial charge in [-0.15, -0.1) is 0 Å². The number of hydrogen-bond donors (Lipinski definition) is 2. The number of aliphatic hydroxyl groups is 1. The van der Waals surface area contributed by atoms with Crippen LogP contribution in [-0.2, 0) is 4.79 Å². The Balaban J connectivity index is 2.18. The number of fused-ring (bicyclic) bond motifs is 1. The van der Waals surface area contributed by atoms with Gasteiger partial charge in [0.25, 0.3) is 0 Å². The summed E-state index contributed by atoms with van der Waals surface area (Å²) in [5, 5.41) is 20.4.